The molecular formula is C24H16ClF2N3OS2. The lowest BCUT2D eigenvalue weighted by molar-refractivity contribution is 0.0816. The van der Waals surface area contributed by atoms with Crippen molar-refractivity contribution in [3.8, 4) is 20.9 Å². The molecule has 4 nitrogen and oxygen atoms in total. The van der Waals surface area contributed by atoms with Crippen LogP contribution >= 0.6 is 34.9 Å². The summed E-state index contributed by atoms with van der Waals surface area (Å²) < 4.78 is 30.0. The minimum absolute atomic E-state index is 0.0501. The monoisotopic (exact) mass is 499 g/mol. The van der Waals surface area contributed by atoms with Gasteiger partial charge in [0.25, 0.3) is 5.91 Å². The molecule has 9 heteroatoms. The Bertz CT molecular complexity index is 1390. The molecule has 0 fully saturated rings. The summed E-state index contributed by atoms with van der Waals surface area (Å²) in [4.78, 5) is 20.4. The number of thiophene rings is 1. The molecule has 2 aromatic carbocycles. The number of nitrogens with zero attached hydrogens (tertiary/aromatic N) is 2. The highest BCUT2D eigenvalue weighted by molar-refractivity contribution is 8.00. The van der Waals surface area contributed by atoms with Gasteiger partial charge in [-0.3, -0.25) is 4.79 Å². The van der Waals surface area contributed by atoms with E-state index in [0.29, 0.717) is 12.2 Å². The highest BCUT2D eigenvalue weighted by Crippen LogP contribution is 2.38. The van der Waals surface area contributed by atoms with Crippen LogP contribution in [0.1, 0.15) is 15.9 Å². The van der Waals surface area contributed by atoms with Crippen molar-refractivity contribution in [1.29, 1.82) is 0 Å². The first-order valence-corrected chi connectivity index (χ1v) is 11.9. The molecule has 0 saturated heterocycles. The molecule has 2 aromatic heterocycles. The molecule has 1 N–H and O–H groups in total. The first kappa shape index (κ1) is 21.9. The molecule has 0 radical (unpaired) electrons. The number of amides is 1. The maximum absolute atomic E-state index is 13.9. The summed E-state index contributed by atoms with van der Waals surface area (Å²) in [6, 6.07) is 15.2. The summed E-state index contributed by atoms with van der Waals surface area (Å²) in [6.07, 6.45) is 1.68. The van der Waals surface area contributed by atoms with Crippen molar-refractivity contribution in [3.63, 3.8) is 0 Å². The molecule has 33 heavy (non-hydrogen) atoms. The number of anilines is 1. The Balaban J connectivity index is 1.38. The molecule has 0 aliphatic carbocycles. The highest BCUT2D eigenvalue weighted by atomic mass is 35.5. The maximum atomic E-state index is 13.9. The van der Waals surface area contributed by atoms with Gasteiger partial charge < -0.3 is 9.62 Å². The molecular weight excluding hydrogens is 484 g/mol. The van der Waals surface area contributed by atoms with Gasteiger partial charge in [0.15, 0.2) is 5.15 Å². The van der Waals surface area contributed by atoms with Gasteiger partial charge in [0, 0.05) is 46.7 Å². The number of aromatic nitrogens is 1. The van der Waals surface area contributed by atoms with Crippen LogP contribution in [-0.2, 0) is 6.54 Å². The number of fused-ring (bicyclic) bond motifs is 1. The van der Waals surface area contributed by atoms with Crippen molar-refractivity contribution >= 4 is 46.5 Å². The second-order valence-electron chi connectivity index (χ2n) is 7.54. The third kappa shape index (κ3) is 4.34. The molecule has 1 aliphatic heterocycles. The Labute approximate surface area is 202 Å². The van der Waals surface area contributed by atoms with Crippen LogP contribution < -0.4 is 4.72 Å². The van der Waals surface area contributed by atoms with E-state index in [0.717, 1.165) is 50.0 Å². The Hall–Kier alpha value is -2.94. The van der Waals surface area contributed by atoms with Gasteiger partial charge >= 0.3 is 0 Å². The van der Waals surface area contributed by atoms with Crippen LogP contribution in [0.5, 0.6) is 0 Å². The van der Waals surface area contributed by atoms with Gasteiger partial charge in [0.05, 0.1) is 10.6 Å². The lowest BCUT2D eigenvalue weighted by Gasteiger charge is -2.09. The number of pyridine rings is 1. The smallest absolute Gasteiger partial charge is 0.254 e. The van der Waals surface area contributed by atoms with Crippen LogP contribution in [0.25, 0.3) is 20.9 Å². The van der Waals surface area contributed by atoms with Crippen molar-refractivity contribution in [1.82, 2.24) is 9.88 Å². The van der Waals surface area contributed by atoms with E-state index in [2.05, 4.69) is 15.8 Å². The van der Waals surface area contributed by atoms with Gasteiger partial charge in [0.1, 0.15) is 11.6 Å². The van der Waals surface area contributed by atoms with Crippen molar-refractivity contribution in [2.24, 2.45) is 0 Å². The van der Waals surface area contributed by atoms with Crippen LogP contribution in [0, 0.1) is 11.6 Å². The second-order valence-corrected chi connectivity index (χ2v) is 9.83. The minimum Gasteiger partial charge on any atom is -0.337 e. The van der Waals surface area contributed by atoms with E-state index in [9.17, 15) is 13.6 Å². The predicted octanol–water partition coefficient (Wildman–Crippen LogP) is 7.11. The summed E-state index contributed by atoms with van der Waals surface area (Å²) in [5, 5.41) is 0.248. The Morgan fingerprint density at radius 2 is 1.85 bits per heavy atom. The summed E-state index contributed by atoms with van der Waals surface area (Å²) in [6.45, 7) is 0.614. The lowest BCUT2D eigenvalue weighted by atomic mass is 10.1. The average Bonchev–Trinajstić information content (AvgIpc) is 3.39. The number of benzene rings is 2. The van der Waals surface area contributed by atoms with E-state index >= 15 is 0 Å². The number of rotatable bonds is 5. The number of carbonyl (C=O) groups is 1. The summed E-state index contributed by atoms with van der Waals surface area (Å²) in [5.74, 6) is -1.24. The van der Waals surface area contributed by atoms with Gasteiger partial charge in [-0.1, -0.05) is 17.7 Å². The maximum Gasteiger partial charge on any atom is 0.254 e. The fraction of sp³-hybridized carbons (Fsp3) is 0.0833. The molecule has 0 unspecified atom stereocenters. The molecule has 1 amide bonds. The van der Waals surface area contributed by atoms with Gasteiger partial charge in [-0.05, 0) is 65.5 Å². The Kier molecular flexibility index (Phi) is 5.82. The van der Waals surface area contributed by atoms with Crippen molar-refractivity contribution in [2.75, 3.05) is 11.8 Å². The van der Waals surface area contributed by atoms with E-state index in [-0.39, 0.29) is 16.0 Å². The van der Waals surface area contributed by atoms with E-state index in [1.165, 1.54) is 12.1 Å². The topological polar surface area (TPSA) is 45.2 Å². The van der Waals surface area contributed by atoms with Crippen LogP contribution in [0.2, 0.25) is 5.15 Å². The largest absolute Gasteiger partial charge is 0.337 e. The zero-order valence-electron chi connectivity index (χ0n) is 17.2. The average molecular weight is 500 g/mol. The third-order valence-electron chi connectivity index (χ3n) is 5.27. The predicted molar refractivity (Wildman–Crippen MR) is 130 cm³/mol. The Morgan fingerprint density at radius 3 is 2.64 bits per heavy atom. The summed E-state index contributed by atoms with van der Waals surface area (Å²) in [7, 11) is 1.80. The lowest BCUT2D eigenvalue weighted by Crippen LogP contribution is -2.17. The third-order valence-corrected chi connectivity index (χ3v) is 7.63. The number of carbonyl (C=O) groups excluding carboxylic acids is 1. The fourth-order valence-electron chi connectivity index (χ4n) is 3.59. The van der Waals surface area contributed by atoms with Crippen molar-refractivity contribution < 1.29 is 13.6 Å². The molecule has 166 valence electrons. The fourth-order valence-corrected chi connectivity index (χ4v) is 5.45. The Morgan fingerprint density at radius 1 is 1.06 bits per heavy atom. The zero-order chi connectivity index (χ0) is 23.1. The molecule has 4 aromatic rings. The molecule has 5 rings (SSSR count). The molecule has 3 heterocycles. The molecule has 0 spiro atoms. The van der Waals surface area contributed by atoms with Gasteiger partial charge in [-0.25, -0.2) is 13.8 Å². The van der Waals surface area contributed by atoms with Crippen LogP contribution in [0.15, 0.2) is 65.7 Å². The summed E-state index contributed by atoms with van der Waals surface area (Å²) in [5.41, 5.74) is 4.22. The number of halogens is 3. The SMILES string of the molecule is CN1Cc2cc(-c3ccc(-c4cnc(Cl)c(NSc5ccc(F)cc5F)c4)s3)ccc2C1=O. The van der Waals surface area contributed by atoms with Crippen LogP contribution in [-0.4, -0.2) is 22.8 Å². The van der Waals surface area contributed by atoms with Crippen LogP contribution in [0.3, 0.4) is 0 Å². The van der Waals surface area contributed by atoms with E-state index < -0.39 is 11.6 Å². The second kappa shape index (κ2) is 8.78. The van der Waals surface area contributed by atoms with Gasteiger partial charge in [-0.15, -0.1) is 11.3 Å². The molecule has 1 aliphatic rings. The highest BCUT2D eigenvalue weighted by Gasteiger charge is 2.24. The van der Waals surface area contributed by atoms with Gasteiger partial charge in [-0.2, -0.15) is 0 Å². The van der Waals surface area contributed by atoms with E-state index in [1.54, 1.807) is 29.5 Å². The quantitative estimate of drug-likeness (QED) is 0.235. The van der Waals surface area contributed by atoms with Gasteiger partial charge in [0.2, 0.25) is 0 Å². The molecule has 0 saturated carbocycles. The first-order valence-electron chi connectivity index (χ1n) is 9.91. The zero-order valence-corrected chi connectivity index (χ0v) is 19.6. The number of nitrogens with one attached hydrogen (secondary N) is 1. The van der Waals surface area contributed by atoms with Crippen molar-refractivity contribution in [3.05, 3.63) is 88.7 Å². The molecule has 0 bridgehead atoms. The normalized spacial score (nSPS) is 12.8. The van der Waals surface area contributed by atoms with E-state index in [4.69, 9.17) is 11.6 Å². The minimum atomic E-state index is -0.655. The van der Waals surface area contributed by atoms with Crippen molar-refractivity contribution in [2.45, 2.75) is 11.4 Å². The molecule has 0 atom stereocenters. The van der Waals surface area contributed by atoms with E-state index in [1.807, 2.05) is 30.3 Å². The first-order chi connectivity index (χ1) is 15.9. The summed E-state index contributed by atoms with van der Waals surface area (Å²) >= 11 is 8.82. The standard InChI is InChI=1S/C24H16ClF2N3OS2/c1-30-12-15-8-13(2-4-17(15)24(30)31)20-6-7-21(32-20)14-9-19(23(25)28-11-14)29-33-22-5-3-16(26)10-18(22)27/h2-11,29H,12H2,1H3. The number of hydrogen-bond acceptors (Lipinski definition) is 5. The number of hydrogen-bond donors (Lipinski definition) is 1. The van der Waals surface area contributed by atoms with Crippen LogP contribution in [0.4, 0.5) is 14.5 Å².